The summed E-state index contributed by atoms with van der Waals surface area (Å²) in [6.45, 7) is 9.25. The summed E-state index contributed by atoms with van der Waals surface area (Å²) in [6, 6.07) is 10.8. The highest BCUT2D eigenvalue weighted by Gasteiger charge is 2.31. The number of benzene rings is 1. The molecule has 4 nitrogen and oxygen atoms in total. The van der Waals surface area contributed by atoms with E-state index in [1.165, 1.54) is 5.56 Å². The lowest BCUT2D eigenvalue weighted by Crippen LogP contribution is -2.58. The molecule has 0 aromatic heterocycles. The zero-order valence-electron chi connectivity index (χ0n) is 13.4. The fourth-order valence-corrected chi connectivity index (χ4v) is 2.54. The minimum absolute atomic E-state index is 0.159. The summed E-state index contributed by atoms with van der Waals surface area (Å²) in [5, 5.41) is 3.52. The van der Waals surface area contributed by atoms with Crippen LogP contribution in [-0.2, 0) is 11.2 Å². The van der Waals surface area contributed by atoms with Gasteiger partial charge in [0.05, 0.1) is 0 Å². The van der Waals surface area contributed by atoms with Gasteiger partial charge in [-0.25, -0.2) is 4.79 Å². The third-order valence-electron chi connectivity index (χ3n) is 3.60. The Morgan fingerprint density at radius 2 is 2.00 bits per heavy atom. The van der Waals surface area contributed by atoms with Crippen molar-refractivity contribution in [3.8, 4) is 0 Å². The van der Waals surface area contributed by atoms with E-state index in [2.05, 4.69) is 24.4 Å². The second kappa shape index (κ2) is 6.48. The molecule has 1 aromatic carbocycles. The summed E-state index contributed by atoms with van der Waals surface area (Å²) < 4.78 is 5.51. The van der Waals surface area contributed by atoms with E-state index >= 15 is 0 Å². The lowest BCUT2D eigenvalue weighted by atomic mass is 10.0. The van der Waals surface area contributed by atoms with E-state index in [9.17, 15) is 4.79 Å². The quantitative estimate of drug-likeness (QED) is 0.910. The molecule has 4 heteroatoms. The highest BCUT2D eigenvalue weighted by atomic mass is 16.6. The van der Waals surface area contributed by atoms with Crippen LogP contribution in [0.2, 0.25) is 0 Å². The first-order chi connectivity index (χ1) is 9.85. The van der Waals surface area contributed by atoms with E-state index in [-0.39, 0.29) is 18.2 Å². The smallest absolute Gasteiger partial charge is 0.410 e. The van der Waals surface area contributed by atoms with Crippen molar-refractivity contribution < 1.29 is 9.53 Å². The first kappa shape index (κ1) is 15.8. The minimum Gasteiger partial charge on any atom is -0.444 e. The molecule has 0 unspecified atom stereocenters. The molecule has 1 amide bonds. The number of ether oxygens (including phenoxy) is 1. The highest BCUT2D eigenvalue weighted by molar-refractivity contribution is 5.68. The first-order valence-electron chi connectivity index (χ1n) is 7.62. The summed E-state index contributed by atoms with van der Waals surface area (Å²) >= 11 is 0. The summed E-state index contributed by atoms with van der Waals surface area (Å²) in [7, 11) is 0. The molecule has 1 saturated heterocycles. The number of piperazine rings is 1. The zero-order valence-corrected chi connectivity index (χ0v) is 13.4. The van der Waals surface area contributed by atoms with Gasteiger partial charge in [0.15, 0.2) is 0 Å². The van der Waals surface area contributed by atoms with Crippen LogP contribution in [0.25, 0.3) is 0 Å². The number of nitrogens with zero attached hydrogens (tertiary/aromatic N) is 1. The van der Waals surface area contributed by atoms with Crippen LogP contribution >= 0.6 is 0 Å². The second-order valence-corrected chi connectivity index (χ2v) is 6.78. The highest BCUT2D eigenvalue weighted by Crippen LogP contribution is 2.16. The van der Waals surface area contributed by atoms with E-state index < -0.39 is 5.60 Å². The fourth-order valence-electron chi connectivity index (χ4n) is 2.54. The van der Waals surface area contributed by atoms with Crippen molar-refractivity contribution >= 4 is 6.09 Å². The average Bonchev–Trinajstić information content (AvgIpc) is 2.40. The number of hydrogen-bond donors (Lipinski definition) is 1. The molecule has 1 aromatic rings. The topological polar surface area (TPSA) is 41.6 Å². The molecule has 0 bridgehead atoms. The second-order valence-electron chi connectivity index (χ2n) is 6.78. The van der Waals surface area contributed by atoms with Crippen LogP contribution in [0.1, 0.15) is 33.3 Å². The van der Waals surface area contributed by atoms with Crippen LogP contribution < -0.4 is 5.32 Å². The Bertz CT molecular complexity index is 467. The van der Waals surface area contributed by atoms with Crippen molar-refractivity contribution in [1.29, 1.82) is 0 Å². The number of carbonyl (C=O) groups excluding carboxylic acids is 1. The van der Waals surface area contributed by atoms with Crippen molar-refractivity contribution in [1.82, 2.24) is 10.2 Å². The van der Waals surface area contributed by atoms with Crippen LogP contribution in [0.4, 0.5) is 4.79 Å². The molecule has 1 aliphatic rings. The Hall–Kier alpha value is -1.55. The number of carbonyl (C=O) groups is 1. The van der Waals surface area contributed by atoms with Gasteiger partial charge in [0.25, 0.3) is 0 Å². The van der Waals surface area contributed by atoms with Gasteiger partial charge in [-0.3, -0.25) is 0 Å². The SMILES string of the molecule is C[C@@H]1CN[C@H](Cc2ccccc2)CN1C(=O)OC(C)(C)C. The Kier molecular flexibility index (Phi) is 4.88. The lowest BCUT2D eigenvalue weighted by Gasteiger charge is -2.39. The normalized spacial score (nSPS) is 23.0. The molecular weight excluding hydrogens is 264 g/mol. The van der Waals surface area contributed by atoms with E-state index in [1.54, 1.807) is 0 Å². The minimum atomic E-state index is -0.448. The molecule has 0 aliphatic carbocycles. The number of amides is 1. The van der Waals surface area contributed by atoms with E-state index in [0.29, 0.717) is 6.54 Å². The third-order valence-corrected chi connectivity index (χ3v) is 3.60. The molecule has 0 radical (unpaired) electrons. The number of rotatable bonds is 2. The Morgan fingerprint density at radius 3 is 2.62 bits per heavy atom. The molecule has 1 fully saturated rings. The van der Waals surface area contributed by atoms with Gasteiger partial charge in [0.1, 0.15) is 5.60 Å². The van der Waals surface area contributed by atoms with Crippen LogP contribution in [0.3, 0.4) is 0 Å². The van der Waals surface area contributed by atoms with Gasteiger partial charge < -0.3 is 15.0 Å². The summed E-state index contributed by atoms with van der Waals surface area (Å²) in [5.74, 6) is 0. The summed E-state index contributed by atoms with van der Waals surface area (Å²) in [6.07, 6.45) is 0.710. The molecular formula is C17H26N2O2. The molecule has 0 spiro atoms. The molecule has 1 heterocycles. The maximum absolute atomic E-state index is 12.3. The third kappa shape index (κ3) is 4.74. The Labute approximate surface area is 127 Å². The number of nitrogens with one attached hydrogen (secondary N) is 1. The molecule has 2 atom stereocenters. The van der Waals surface area contributed by atoms with Gasteiger partial charge in [-0.1, -0.05) is 30.3 Å². The molecule has 2 rings (SSSR count). The largest absolute Gasteiger partial charge is 0.444 e. The van der Waals surface area contributed by atoms with Gasteiger partial charge in [-0.05, 0) is 39.7 Å². The van der Waals surface area contributed by atoms with Crippen LogP contribution in [0.15, 0.2) is 30.3 Å². The predicted octanol–water partition coefficient (Wildman–Crippen LogP) is 2.83. The van der Waals surface area contributed by atoms with E-state index in [0.717, 1.165) is 13.0 Å². The van der Waals surface area contributed by atoms with Gasteiger partial charge in [-0.2, -0.15) is 0 Å². The van der Waals surface area contributed by atoms with Crippen molar-refractivity contribution in [2.45, 2.75) is 51.8 Å². The first-order valence-corrected chi connectivity index (χ1v) is 7.62. The van der Waals surface area contributed by atoms with Gasteiger partial charge >= 0.3 is 6.09 Å². The van der Waals surface area contributed by atoms with E-state index in [1.807, 2.05) is 43.9 Å². The average molecular weight is 290 g/mol. The van der Waals surface area contributed by atoms with Gasteiger partial charge in [0.2, 0.25) is 0 Å². The van der Waals surface area contributed by atoms with Crippen molar-refractivity contribution in [3.63, 3.8) is 0 Å². The molecule has 116 valence electrons. The van der Waals surface area contributed by atoms with Crippen molar-refractivity contribution in [2.24, 2.45) is 0 Å². The van der Waals surface area contributed by atoms with Crippen LogP contribution in [0, 0.1) is 0 Å². The van der Waals surface area contributed by atoms with Crippen LogP contribution in [0.5, 0.6) is 0 Å². The Balaban J connectivity index is 1.97. The maximum Gasteiger partial charge on any atom is 0.410 e. The van der Waals surface area contributed by atoms with Gasteiger partial charge in [-0.15, -0.1) is 0 Å². The standard InChI is InChI=1S/C17H26N2O2/c1-13-11-18-15(10-14-8-6-5-7-9-14)12-19(13)16(20)21-17(2,3)4/h5-9,13,15,18H,10-12H2,1-4H3/t13-,15-/m1/s1. The van der Waals surface area contributed by atoms with Crippen molar-refractivity contribution in [3.05, 3.63) is 35.9 Å². The van der Waals surface area contributed by atoms with Crippen LogP contribution in [-0.4, -0.2) is 41.8 Å². The number of hydrogen-bond acceptors (Lipinski definition) is 3. The monoisotopic (exact) mass is 290 g/mol. The zero-order chi connectivity index (χ0) is 15.5. The molecule has 21 heavy (non-hydrogen) atoms. The molecule has 1 aliphatic heterocycles. The van der Waals surface area contributed by atoms with Crippen molar-refractivity contribution in [2.75, 3.05) is 13.1 Å². The van der Waals surface area contributed by atoms with E-state index in [4.69, 9.17) is 4.74 Å². The molecule has 1 N–H and O–H groups in total. The lowest BCUT2D eigenvalue weighted by molar-refractivity contribution is 0.00967. The van der Waals surface area contributed by atoms with Gasteiger partial charge in [0, 0.05) is 25.2 Å². The maximum atomic E-state index is 12.3. The molecule has 0 saturated carbocycles. The summed E-state index contributed by atoms with van der Waals surface area (Å²) in [5.41, 5.74) is 0.838. The Morgan fingerprint density at radius 1 is 1.33 bits per heavy atom. The fraction of sp³-hybridized carbons (Fsp3) is 0.588. The summed E-state index contributed by atoms with van der Waals surface area (Å²) in [4.78, 5) is 14.1. The predicted molar refractivity (Wildman–Crippen MR) is 84.3 cm³/mol.